The summed E-state index contributed by atoms with van der Waals surface area (Å²) in [4.78, 5) is 26.0. The standard InChI is InChI=1S/C20H31N7OS.HI/c1-6-21-19(22-8-7-17-24-16(14-29-17)20(2,3)4)26-9-10-27(18(28)13-26)15-11-23-25(5)12-15;/h11-12,14H,6-10,13H2,1-5H3,(H,21,22);1H. The molecule has 8 nitrogen and oxygen atoms in total. The van der Waals surface area contributed by atoms with E-state index in [1.165, 1.54) is 0 Å². The van der Waals surface area contributed by atoms with Crippen LogP contribution in [0, 0.1) is 0 Å². The van der Waals surface area contributed by atoms with Crippen LogP contribution in [-0.4, -0.2) is 64.3 Å². The average Bonchev–Trinajstić information content (AvgIpc) is 3.30. The number of anilines is 1. The molecule has 0 radical (unpaired) electrons. The molecule has 0 saturated carbocycles. The van der Waals surface area contributed by atoms with Crippen LogP contribution in [0.5, 0.6) is 0 Å². The molecule has 1 aliphatic rings. The van der Waals surface area contributed by atoms with Crippen LogP contribution in [0.4, 0.5) is 5.69 Å². The Balaban J connectivity index is 0.00000320. The fraction of sp³-hybridized carbons (Fsp3) is 0.600. The van der Waals surface area contributed by atoms with E-state index in [0.29, 0.717) is 19.6 Å². The molecule has 30 heavy (non-hydrogen) atoms. The number of thiazole rings is 1. The molecular weight excluding hydrogens is 513 g/mol. The first kappa shape index (κ1) is 24.6. The van der Waals surface area contributed by atoms with E-state index < -0.39 is 0 Å². The minimum Gasteiger partial charge on any atom is -0.357 e. The van der Waals surface area contributed by atoms with Crippen molar-refractivity contribution in [3.05, 3.63) is 28.5 Å². The van der Waals surface area contributed by atoms with E-state index >= 15 is 0 Å². The van der Waals surface area contributed by atoms with Gasteiger partial charge in [-0.05, 0) is 6.92 Å². The second-order valence-electron chi connectivity index (χ2n) is 8.20. The fourth-order valence-electron chi connectivity index (χ4n) is 3.13. The molecule has 0 spiro atoms. The quantitative estimate of drug-likeness (QED) is 0.355. The molecule has 1 saturated heterocycles. The highest BCUT2D eigenvalue weighted by molar-refractivity contribution is 14.0. The van der Waals surface area contributed by atoms with Crippen molar-refractivity contribution in [1.82, 2.24) is 25.0 Å². The number of guanidine groups is 1. The van der Waals surface area contributed by atoms with Gasteiger partial charge in [0.15, 0.2) is 5.96 Å². The van der Waals surface area contributed by atoms with Crippen LogP contribution < -0.4 is 10.2 Å². The predicted molar refractivity (Wildman–Crippen MR) is 133 cm³/mol. The Morgan fingerprint density at radius 2 is 2.10 bits per heavy atom. The van der Waals surface area contributed by atoms with E-state index in [1.54, 1.807) is 27.1 Å². The van der Waals surface area contributed by atoms with E-state index in [1.807, 2.05) is 25.1 Å². The van der Waals surface area contributed by atoms with Crippen molar-refractivity contribution in [2.75, 3.05) is 37.6 Å². The molecule has 2 aromatic heterocycles. The molecule has 0 atom stereocenters. The molecule has 166 valence electrons. The second-order valence-corrected chi connectivity index (χ2v) is 9.14. The molecule has 3 rings (SSSR count). The number of nitrogens with zero attached hydrogens (tertiary/aromatic N) is 6. The number of piperazine rings is 1. The Hall–Kier alpha value is -1.69. The summed E-state index contributed by atoms with van der Waals surface area (Å²) in [6.45, 7) is 11.7. The third-order valence-electron chi connectivity index (χ3n) is 4.77. The van der Waals surface area contributed by atoms with E-state index in [0.717, 1.165) is 41.9 Å². The minimum absolute atomic E-state index is 0. The average molecular weight is 545 g/mol. The van der Waals surface area contributed by atoms with Gasteiger partial charge in [-0.3, -0.25) is 14.5 Å². The normalized spacial score (nSPS) is 15.4. The largest absolute Gasteiger partial charge is 0.357 e. The van der Waals surface area contributed by atoms with Crippen LogP contribution >= 0.6 is 35.3 Å². The summed E-state index contributed by atoms with van der Waals surface area (Å²) in [5, 5.41) is 10.7. The summed E-state index contributed by atoms with van der Waals surface area (Å²) in [5.74, 6) is 0.851. The molecule has 1 N–H and O–H groups in total. The lowest BCUT2D eigenvalue weighted by Gasteiger charge is -2.35. The van der Waals surface area contributed by atoms with Crippen molar-refractivity contribution in [2.45, 2.75) is 39.5 Å². The molecular formula is C20H32IN7OS. The van der Waals surface area contributed by atoms with Gasteiger partial charge in [0.05, 0.1) is 22.6 Å². The Morgan fingerprint density at radius 1 is 1.33 bits per heavy atom. The topological polar surface area (TPSA) is 78.7 Å². The summed E-state index contributed by atoms with van der Waals surface area (Å²) in [6.07, 6.45) is 4.40. The van der Waals surface area contributed by atoms with Gasteiger partial charge >= 0.3 is 0 Å². The van der Waals surface area contributed by atoms with Crippen LogP contribution in [0.15, 0.2) is 22.8 Å². The van der Waals surface area contributed by atoms with Gasteiger partial charge in [0.25, 0.3) is 0 Å². The highest BCUT2D eigenvalue weighted by atomic mass is 127. The predicted octanol–water partition coefficient (Wildman–Crippen LogP) is 2.65. The van der Waals surface area contributed by atoms with Gasteiger partial charge in [0, 0.05) is 56.6 Å². The first-order valence-corrected chi connectivity index (χ1v) is 10.9. The maximum absolute atomic E-state index is 12.7. The Labute approximate surface area is 199 Å². The summed E-state index contributed by atoms with van der Waals surface area (Å²) in [6, 6.07) is 0. The van der Waals surface area contributed by atoms with E-state index in [2.05, 4.69) is 36.6 Å². The van der Waals surface area contributed by atoms with Crippen LogP contribution in [-0.2, 0) is 23.7 Å². The highest BCUT2D eigenvalue weighted by Gasteiger charge is 2.27. The first-order chi connectivity index (χ1) is 13.8. The smallest absolute Gasteiger partial charge is 0.246 e. The van der Waals surface area contributed by atoms with Crippen molar-refractivity contribution in [2.24, 2.45) is 12.0 Å². The van der Waals surface area contributed by atoms with Crippen molar-refractivity contribution in [1.29, 1.82) is 0 Å². The molecule has 0 aliphatic carbocycles. The lowest BCUT2D eigenvalue weighted by atomic mass is 9.93. The molecule has 1 aliphatic heterocycles. The molecule has 1 fully saturated rings. The fourth-order valence-corrected chi connectivity index (χ4v) is 4.14. The molecule has 1 amide bonds. The number of amides is 1. The maximum Gasteiger partial charge on any atom is 0.246 e. The van der Waals surface area contributed by atoms with Gasteiger partial charge in [0.1, 0.15) is 6.54 Å². The monoisotopic (exact) mass is 545 g/mol. The third-order valence-corrected chi connectivity index (χ3v) is 5.67. The SMILES string of the molecule is CCNC(=NCCc1nc(C(C)(C)C)cs1)N1CCN(c2cnn(C)c2)C(=O)C1.I. The molecule has 0 unspecified atom stereocenters. The summed E-state index contributed by atoms with van der Waals surface area (Å²) < 4.78 is 1.71. The Bertz CT molecular complexity index is 871. The number of rotatable bonds is 5. The van der Waals surface area contributed by atoms with Gasteiger partial charge < -0.3 is 15.1 Å². The number of nitrogens with one attached hydrogen (secondary N) is 1. The van der Waals surface area contributed by atoms with Gasteiger partial charge in [-0.1, -0.05) is 20.8 Å². The zero-order chi connectivity index (χ0) is 21.0. The second kappa shape index (κ2) is 10.6. The lowest BCUT2D eigenvalue weighted by molar-refractivity contribution is -0.120. The molecule has 3 heterocycles. The summed E-state index contributed by atoms with van der Waals surface area (Å²) in [5.41, 5.74) is 2.05. The maximum atomic E-state index is 12.7. The summed E-state index contributed by atoms with van der Waals surface area (Å²) in [7, 11) is 1.85. The van der Waals surface area contributed by atoms with Crippen LogP contribution in [0.25, 0.3) is 0 Å². The number of halogens is 1. The Kier molecular flexibility index (Phi) is 8.65. The zero-order valence-electron chi connectivity index (χ0n) is 18.4. The highest BCUT2D eigenvalue weighted by Crippen LogP contribution is 2.24. The lowest BCUT2D eigenvalue weighted by Crippen LogP contribution is -2.55. The van der Waals surface area contributed by atoms with Crippen molar-refractivity contribution in [3.63, 3.8) is 0 Å². The van der Waals surface area contributed by atoms with Crippen LogP contribution in [0.2, 0.25) is 0 Å². The number of aryl methyl sites for hydroxylation is 1. The number of aliphatic imine (C=N–C) groups is 1. The van der Waals surface area contributed by atoms with Gasteiger partial charge in [-0.2, -0.15) is 5.10 Å². The van der Waals surface area contributed by atoms with Crippen LogP contribution in [0.3, 0.4) is 0 Å². The van der Waals surface area contributed by atoms with Gasteiger partial charge in [-0.15, -0.1) is 35.3 Å². The van der Waals surface area contributed by atoms with Gasteiger partial charge in [0.2, 0.25) is 5.91 Å². The number of hydrogen-bond donors (Lipinski definition) is 1. The van der Waals surface area contributed by atoms with Crippen molar-refractivity contribution in [3.8, 4) is 0 Å². The van der Waals surface area contributed by atoms with E-state index in [4.69, 9.17) is 9.98 Å². The number of aromatic nitrogens is 3. The minimum atomic E-state index is 0. The van der Waals surface area contributed by atoms with E-state index in [9.17, 15) is 4.79 Å². The third kappa shape index (κ3) is 6.16. The summed E-state index contributed by atoms with van der Waals surface area (Å²) >= 11 is 1.69. The van der Waals surface area contributed by atoms with E-state index in [-0.39, 0.29) is 35.3 Å². The molecule has 0 aromatic carbocycles. The molecule has 2 aromatic rings. The van der Waals surface area contributed by atoms with Crippen molar-refractivity contribution < 1.29 is 4.79 Å². The first-order valence-electron chi connectivity index (χ1n) is 10.0. The number of carbonyl (C=O) groups is 1. The molecule has 10 heteroatoms. The zero-order valence-corrected chi connectivity index (χ0v) is 21.5. The van der Waals surface area contributed by atoms with Crippen molar-refractivity contribution >= 4 is 52.9 Å². The Morgan fingerprint density at radius 3 is 2.67 bits per heavy atom. The number of hydrogen-bond acceptors (Lipinski definition) is 5. The molecule has 0 bridgehead atoms. The van der Waals surface area contributed by atoms with Crippen LogP contribution in [0.1, 0.15) is 38.4 Å². The number of carbonyl (C=O) groups excluding carboxylic acids is 1. The van der Waals surface area contributed by atoms with Gasteiger partial charge in [-0.25, -0.2) is 4.98 Å².